The number of carbonyl (C=O) groups excluding carboxylic acids is 1. The first-order chi connectivity index (χ1) is 17.2. The number of nitrogens with zero attached hydrogens (tertiary/aromatic N) is 2. The van der Waals surface area contributed by atoms with Crippen LogP contribution in [0.3, 0.4) is 0 Å². The van der Waals surface area contributed by atoms with E-state index in [4.69, 9.17) is 0 Å². The number of H-pyrrole nitrogens is 1. The van der Waals surface area contributed by atoms with Crippen LogP contribution in [-0.4, -0.2) is 35.7 Å². The maximum atomic E-state index is 15.4. The minimum Gasteiger partial charge on any atom is -0.369 e. The van der Waals surface area contributed by atoms with Crippen molar-refractivity contribution < 1.29 is 30.8 Å². The summed E-state index contributed by atoms with van der Waals surface area (Å²) in [4.78, 5) is 22.9. The smallest absolute Gasteiger partial charge is 0.267 e. The van der Waals surface area contributed by atoms with E-state index in [1.807, 2.05) is 0 Å². The molecule has 8 nitrogen and oxygen atoms in total. The van der Waals surface area contributed by atoms with Gasteiger partial charge in [-0.15, -0.1) is 0 Å². The van der Waals surface area contributed by atoms with Gasteiger partial charge in [-0.2, -0.15) is 0 Å². The van der Waals surface area contributed by atoms with Crippen LogP contribution in [-0.2, 0) is 10.0 Å². The summed E-state index contributed by atoms with van der Waals surface area (Å²) in [5, 5.41) is 3.32. The molecule has 1 aliphatic rings. The van der Waals surface area contributed by atoms with Crippen molar-refractivity contribution in [2.45, 2.75) is 17.7 Å². The fourth-order valence-electron chi connectivity index (χ4n) is 3.75. The quantitative estimate of drug-likeness (QED) is 0.235. The molecule has 0 aliphatic heterocycles. The molecule has 1 saturated carbocycles. The van der Waals surface area contributed by atoms with E-state index < -0.39 is 55.2 Å². The van der Waals surface area contributed by atoms with Gasteiger partial charge >= 0.3 is 0 Å². The van der Waals surface area contributed by atoms with Crippen molar-refractivity contribution in [1.82, 2.24) is 15.0 Å². The zero-order valence-electron chi connectivity index (χ0n) is 18.3. The average molecular weight is 519 g/mol. The van der Waals surface area contributed by atoms with Crippen LogP contribution in [0.15, 0.2) is 47.8 Å². The second-order valence-electron chi connectivity index (χ2n) is 8.24. The third kappa shape index (κ3) is 4.26. The summed E-state index contributed by atoms with van der Waals surface area (Å²) in [6.07, 6.45) is 4.58. The van der Waals surface area contributed by atoms with E-state index >= 15 is 4.39 Å². The maximum absolute atomic E-state index is 15.4. The Morgan fingerprint density at radius 2 is 1.75 bits per heavy atom. The number of anilines is 2. The van der Waals surface area contributed by atoms with Crippen molar-refractivity contribution in [2.24, 2.45) is 5.92 Å². The van der Waals surface area contributed by atoms with Crippen LogP contribution in [0.5, 0.6) is 0 Å². The highest BCUT2D eigenvalue weighted by molar-refractivity contribution is 7.92. The highest BCUT2D eigenvalue weighted by Gasteiger charge is 2.30. The Balaban J connectivity index is 1.54. The van der Waals surface area contributed by atoms with E-state index in [9.17, 15) is 26.4 Å². The van der Waals surface area contributed by atoms with Gasteiger partial charge in [-0.1, -0.05) is 6.07 Å². The fraction of sp³-hybridized carbons (Fsp3) is 0.174. The number of sulfonamides is 1. The van der Waals surface area contributed by atoms with Crippen LogP contribution < -0.4 is 10.0 Å². The van der Waals surface area contributed by atoms with Crippen LogP contribution in [0, 0.1) is 29.2 Å². The summed E-state index contributed by atoms with van der Waals surface area (Å²) >= 11 is 0. The van der Waals surface area contributed by atoms with Gasteiger partial charge in [-0.3, -0.25) is 9.52 Å². The van der Waals surface area contributed by atoms with Gasteiger partial charge in [-0.05, 0) is 43.0 Å². The first-order valence-electron chi connectivity index (χ1n) is 10.7. The molecule has 186 valence electrons. The second kappa shape index (κ2) is 8.90. The van der Waals surface area contributed by atoms with Crippen molar-refractivity contribution in [3.05, 3.63) is 77.3 Å². The number of halogens is 4. The highest BCUT2D eigenvalue weighted by atomic mass is 32.2. The lowest BCUT2D eigenvalue weighted by Gasteiger charge is -2.13. The Hall–Kier alpha value is -4.00. The Kier molecular flexibility index (Phi) is 5.86. The number of rotatable bonds is 8. The largest absolute Gasteiger partial charge is 0.369 e. The van der Waals surface area contributed by atoms with Crippen LogP contribution in [0.2, 0.25) is 0 Å². The Morgan fingerprint density at radius 1 is 1.03 bits per heavy atom. The molecule has 5 rings (SSSR count). The molecule has 0 saturated heterocycles. The monoisotopic (exact) mass is 519 g/mol. The second-order valence-corrected chi connectivity index (χ2v) is 9.86. The standard InChI is InChI=1S/C23H17F4N5O3S/c24-13-6-7-16(32-36(34,35)21-14(25)2-1-3-15(21)26)19(27)18(13)20(33)12-9-29-23-17(12)22(30-10-31-23)28-8-11-4-5-11/h1-3,6-7,9-11,32H,4-5,8H2,(H2,28,29,30,31). The number of hydrogen-bond acceptors (Lipinski definition) is 6. The predicted molar refractivity (Wildman–Crippen MR) is 122 cm³/mol. The SMILES string of the molecule is O=C(c1c(F)ccc(NS(=O)(=O)c2c(F)cccc2F)c1F)c1c[nH]c2ncnc(NCC3CC3)c12. The first kappa shape index (κ1) is 23.7. The molecular formula is C23H17F4N5O3S. The molecule has 1 fully saturated rings. The molecule has 3 N–H and O–H groups in total. The third-order valence-electron chi connectivity index (χ3n) is 5.72. The van der Waals surface area contributed by atoms with Crippen molar-refractivity contribution in [3.8, 4) is 0 Å². The van der Waals surface area contributed by atoms with E-state index in [0.29, 0.717) is 42.5 Å². The highest BCUT2D eigenvalue weighted by Crippen LogP contribution is 2.33. The number of hydrogen-bond donors (Lipinski definition) is 3. The van der Waals surface area contributed by atoms with Gasteiger partial charge in [0.25, 0.3) is 10.0 Å². The molecule has 2 aromatic carbocycles. The summed E-state index contributed by atoms with van der Waals surface area (Å²) in [6.45, 7) is 0.595. The van der Waals surface area contributed by atoms with Crippen LogP contribution >= 0.6 is 0 Å². The average Bonchev–Trinajstić information content (AvgIpc) is 3.55. The van der Waals surface area contributed by atoms with Gasteiger partial charge in [0.1, 0.15) is 35.2 Å². The Morgan fingerprint density at radius 3 is 2.44 bits per heavy atom. The molecular weight excluding hydrogens is 502 g/mol. The molecule has 0 atom stereocenters. The van der Waals surface area contributed by atoms with E-state index in [1.165, 1.54) is 12.5 Å². The zero-order valence-corrected chi connectivity index (χ0v) is 19.1. The molecule has 0 spiro atoms. The number of benzene rings is 2. The number of aromatic nitrogens is 3. The summed E-state index contributed by atoms with van der Waals surface area (Å²) in [5.74, 6) is -6.00. The predicted octanol–water partition coefficient (Wildman–Crippen LogP) is 4.37. The van der Waals surface area contributed by atoms with Gasteiger partial charge in [0.05, 0.1) is 22.2 Å². The Labute approximate surface area is 201 Å². The number of ketones is 1. The summed E-state index contributed by atoms with van der Waals surface area (Å²) in [5.41, 5.74) is -1.84. The number of fused-ring (bicyclic) bond motifs is 1. The fourth-order valence-corrected chi connectivity index (χ4v) is 4.95. The van der Waals surface area contributed by atoms with E-state index in [0.717, 1.165) is 18.9 Å². The van der Waals surface area contributed by atoms with Crippen LogP contribution in [0.25, 0.3) is 11.0 Å². The molecule has 0 bridgehead atoms. The van der Waals surface area contributed by atoms with Gasteiger partial charge in [0.2, 0.25) is 5.78 Å². The van der Waals surface area contributed by atoms with Gasteiger partial charge in [0, 0.05) is 12.7 Å². The van der Waals surface area contributed by atoms with Crippen LogP contribution in [0.4, 0.5) is 29.1 Å². The number of carbonyl (C=O) groups is 1. The van der Waals surface area contributed by atoms with Crippen molar-refractivity contribution >= 4 is 38.3 Å². The molecule has 2 aromatic heterocycles. The van der Waals surface area contributed by atoms with Crippen LogP contribution in [0.1, 0.15) is 28.8 Å². The lowest BCUT2D eigenvalue weighted by molar-refractivity contribution is 0.103. The van der Waals surface area contributed by atoms with Crippen molar-refractivity contribution in [2.75, 3.05) is 16.6 Å². The zero-order chi connectivity index (χ0) is 25.6. The third-order valence-corrected chi connectivity index (χ3v) is 7.14. The molecule has 0 unspecified atom stereocenters. The maximum Gasteiger partial charge on any atom is 0.267 e. The number of aromatic amines is 1. The lowest BCUT2D eigenvalue weighted by atomic mass is 10.0. The van der Waals surface area contributed by atoms with Crippen molar-refractivity contribution in [3.63, 3.8) is 0 Å². The Bertz CT molecular complexity index is 1600. The lowest BCUT2D eigenvalue weighted by Crippen LogP contribution is -2.19. The number of nitrogens with one attached hydrogen (secondary N) is 3. The molecule has 2 heterocycles. The van der Waals surface area contributed by atoms with Gasteiger partial charge in [-0.25, -0.2) is 35.9 Å². The topological polar surface area (TPSA) is 117 Å². The molecule has 13 heteroatoms. The normalized spacial score (nSPS) is 13.7. The van der Waals surface area contributed by atoms with E-state index in [1.54, 1.807) is 4.72 Å². The molecule has 1 aliphatic carbocycles. The molecule has 0 amide bonds. The first-order valence-corrected chi connectivity index (χ1v) is 12.2. The summed E-state index contributed by atoms with van der Waals surface area (Å²) in [7, 11) is -4.97. The van der Waals surface area contributed by atoms with E-state index in [2.05, 4.69) is 20.3 Å². The summed E-state index contributed by atoms with van der Waals surface area (Å²) in [6, 6.07) is 3.75. The van der Waals surface area contributed by atoms with Gasteiger partial charge in [0.15, 0.2) is 10.7 Å². The van der Waals surface area contributed by atoms with Crippen molar-refractivity contribution in [1.29, 1.82) is 0 Å². The molecule has 4 aromatic rings. The minimum absolute atomic E-state index is 0.151. The molecule has 0 radical (unpaired) electrons. The minimum atomic E-state index is -4.97. The summed E-state index contributed by atoms with van der Waals surface area (Å²) < 4.78 is 84.9. The van der Waals surface area contributed by atoms with Gasteiger partial charge < -0.3 is 10.3 Å². The van der Waals surface area contributed by atoms with E-state index in [-0.39, 0.29) is 16.6 Å². The molecule has 36 heavy (non-hydrogen) atoms.